The normalized spacial score (nSPS) is 13.5. The fourth-order valence-electron chi connectivity index (χ4n) is 4.14. The number of aliphatic carboxylic acids is 1. The van der Waals surface area contributed by atoms with Crippen molar-refractivity contribution in [1.29, 1.82) is 0 Å². The van der Waals surface area contributed by atoms with Crippen molar-refractivity contribution in [2.24, 2.45) is 0 Å². The quantitative estimate of drug-likeness (QED) is 0.466. The number of hydrogen-bond donors (Lipinski definition) is 2. The zero-order valence-corrected chi connectivity index (χ0v) is 17.7. The summed E-state index contributed by atoms with van der Waals surface area (Å²) in [5.41, 5.74) is 4.26. The van der Waals surface area contributed by atoms with Crippen molar-refractivity contribution in [2.75, 3.05) is 6.61 Å². The van der Waals surface area contributed by atoms with E-state index in [9.17, 15) is 27.9 Å². The van der Waals surface area contributed by atoms with Crippen LogP contribution in [0.2, 0.25) is 0 Å². The Hall–Kier alpha value is -4.01. The maximum atomic E-state index is 12.6. The summed E-state index contributed by atoms with van der Waals surface area (Å²) in [7, 11) is 0. The van der Waals surface area contributed by atoms with Crippen molar-refractivity contribution in [3.05, 3.63) is 89.5 Å². The van der Waals surface area contributed by atoms with E-state index in [1.165, 1.54) is 12.1 Å². The van der Waals surface area contributed by atoms with Crippen LogP contribution in [-0.2, 0) is 9.53 Å². The second kappa shape index (κ2) is 9.46. The molecular weight excluding hydrogens is 451 g/mol. The molecule has 1 atom stereocenters. The Kier molecular flexibility index (Phi) is 6.45. The number of halogens is 3. The van der Waals surface area contributed by atoms with E-state index in [0.29, 0.717) is 0 Å². The fourth-order valence-corrected chi connectivity index (χ4v) is 4.14. The minimum Gasteiger partial charge on any atom is -0.481 e. The minimum absolute atomic E-state index is 0.0108. The number of carbonyl (C=O) groups is 2. The predicted octanol–water partition coefficient (Wildman–Crippen LogP) is 5.64. The summed E-state index contributed by atoms with van der Waals surface area (Å²) in [6.07, 6.45) is -6.34. The largest absolute Gasteiger partial charge is 0.573 e. The molecule has 0 saturated heterocycles. The van der Waals surface area contributed by atoms with Crippen LogP contribution in [0.15, 0.2) is 72.8 Å². The van der Waals surface area contributed by atoms with Crippen molar-refractivity contribution in [2.45, 2.75) is 24.7 Å². The molecule has 9 heteroatoms. The molecule has 0 saturated carbocycles. The van der Waals surface area contributed by atoms with Gasteiger partial charge in [0.15, 0.2) is 0 Å². The average Bonchev–Trinajstić information content (AvgIpc) is 3.10. The predicted molar refractivity (Wildman–Crippen MR) is 116 cm³/mol. The van der Waals surface area contributed by atoms with E-state index >= 15 is 0 Å². The second-order valence-electron chi connectivity index (χ2n) is 7.74. The standard InChI is InChI=1S/C25H20F3NO5/c26-25(27,28)34-16-7-5-6-15(12-16)22(13-23(30)31)29-24(32)33-14-21-19-10-3-1-8-17(19)18-9-2-4-11-20(18)21/h1-12,21-22H,13-14H2,(H,29,32)(H,30,31)/t22-/m0/s1. The van der Waals surface area contributed by atoms with Crippen molar-refractivity contribution < 1.29 is 37.3 Å². The number of amides is 1. The van der Waals surface area contributed by atoms with Gasteiger partial charge >= 0.3 is 18.4 Å². The van der Waals surface area contributed by atoms with Crippen molar-refractivity contribution in [3.8, 4) is 16.9 Å². The number of alkyl halides is 3. The first-order valence-corrected chi connectivity index (χ1v) is 10.4. The monoisotopic (exact) mass is 471 g/mol. The number of rotatable bonds is 7. The highest BCUT2D eigenvalue weighted by Gasteiger charge is 2.32. The Bertz CT molecular complexity index is 1170. The molecule has 0 radical (unpaired) electrons. The second-order valence-corrected chi connectivity index (χ2v) is 7.74. The highest BCUT2D eigenvalue weighted by Crippen LogP contribution is 2.44. The molecule has 3 aromatic rings. The number of carbonyl (C=O) groups excluding carboxylic acids is 1. The van der Waals surface area contributed by atoms with E-state index in [0.717, 1.165) is 34.4 Å². The zero-order chi connectivity index (χ0) is 24.3. The van der Waals surface area contributed by atoms with Gasteiger partial charge < -0.3 is 19.9 Å². The summed E-state index contributed by atoms with van der Waals surface area (Å²) in [6.45, 7) is 0.0108. The molecule has 34 heavy (non-hydrogen) atoms. The highest BCUT2D eigenvalue weighted by molar-refractivity contribution is 5.79. The third kappa shape index (κ3) is 5.31. The van der Waals surface area contributed by atoms with E-state index in [2.05, 4.69) is 10.1 Å². The van der Waals surface area contributed by atoms with Crippen molar-refractivity contribution in [3.63, 3.8) is 0 Å². The lowest BCUT2D eigenvalue weighted by Crippen LogP contribution is -2.31. The van der Waals surface area contributed by atoms with Crippen LogP contribution in [0.25, 0.3) is 11.1 Å². The Morgan fingerprint density at radius 2 is 1.56 bits per heavy atom. The van der Waals surface area contributed by atoms with Gasteiger partial charge in [-0.05, 0) is 39.9 Å². The molecule has 1 aliphatic rings. The number of hydrogen-bond acceptors (Lipinski definition) is 4. The number of ether oxygens (including phenoxy) is 2. The molecule has 176 valence electrons. The van der Waals surface area contributed by atoms with Gasteiger partial charge in [-0.25, -0.2) is 4.79 Å². The number of alkyl carbamates (subject to hydrolysis) is 1. The molecule has 0 heterocycles. The summed E-state index contributed by atoms with van der Waals surface area (Å²) >= 11 is 0. The lowest BCUT2D eigenvalue weighted by atomic mass is 9.98. The molecule has 6 nitrogen and oxygen atoms in total. The fraction of sp³-hybridized carbons (Fsp3) is 0.200. The molecule has 4 rings (SSSR count). The van der Waals surface area contributed by atoms with E-state index in [1.54, 1.807) is 0 Å². The molecule has 3 aromatic carbocycles. The Morgan fingerprint density at radius 1 is 0.941 bits per heavy atom. The summed E-state index contributed by atoms with van der Waals surface area (Å²) < 4.78 is 47.0. The van der Waals surface area contributed by atoms with Crippen LogP contribution in [0.3, 0.4) is 0 Å². The molecule has 0 unspecified atom stereocenters. The third-order valence-corrected chi connectivity index (χ3v) is 5.51. The van der Waals surface area contributed by atoms with Gasteiger partial charge in [-0.15, -0.1) is 13.2 Å². The van der Waals surface area contributed by atoms with Crippen LogP contribution in [-0.4, -0.2) is 30.1 Å². The number of carboxylic acids is 1. The molecule has 0 fully saturated rings. The molecule has 0 aromatic heterocycles. The van der Waals surface area contributed by atoms with Gasteiger partial charge in [0, 0.05) is 5.92 Å². The van der Waals surface area contributed by atoms with Crippen LogP contribution >= 0.6 is 0 Å². The molecule has 0 spiro atoms. The first-order chi connectivity index (χ1) is 16.2. The minimum atomic E-state index is -4.90. The molecule has 2 N–H and O–H groups in total. The van der Waals surface area contributed by atoms with E-state index in [-0.39, 0.29) is 18.1 Å². The topological polar surface area (TPSA) is 84.9 Å². The van der Waals surface area contributed by atoms with Gasteiger partial charge in [0.2, 0.25) is 0 Å². The number of nitrogens with one attached hydrogen (secondary N) is 1. The number of fused-ring (bicyclic) bond motifs is 3. The van der Waals surface area contributed by atoms with Crippen molar-refractivity contribution in [1.82, 2.24) is 5.32 Å². The molecule has 1 amide bonds. The number of carboxylic acid groups (broad SMARTS) is 1. The summed E-state index contributed by atoms with van der Waals surface area (Å²) in [6, 6.07) is 19.2. The van der Waals surface area contributed by atoms with E-state index in [1.807, 2.05) is 48.5 Å². The van der Waals surface area contributed by atoms with Gasteiger partial charge in [-0.1, -0.05) is 60.7 Å². The molecule has 0 aliphatic heterocycles. The van der Waals surface area contributed by atoms with Gasteiger partial charge in [0.1, 0.15) is 12.4 Å². The SMILES string of the molecule is O=C(O)C[C@H](NC(=O)OCC1c2ccccc2-c2ccccc21)c1cccc(OC(F)(F)F)c1. The van der Waals surface area contributed by atoms with Crippen molar-refractivity contribution >= 4 is 12.1 Å². The third-order valence-electron chi connectivity index (χ3n) is 5.51. The van der Waals surface area contributed by atoms with Gasteiger partial charge in [-0.3, -0.25) is 4.79 Å². The lowest BCUT2D eigenvalue weighted by Gasteiger charge is -2.20. The maximum absolute atomic E-state index is 12.6. The maximum Gasteiger partial charge on any atom is 0.573 e. The van der Waals surface area contributed by atoms with E-state index < -0.39 is 36.6 Å². The number of benzene rings is 3. The molecular formula is C25H20F3NO5. The van der Waals surface area contributed by atoms with Gasteiger partial charge in [-0.2, -0.15) is 0 Å². The van der Waals surface area contributed by atoms with Crippen LogP contribution in [0, 0.1) is 0 Å². The smallest absolute Gasteiger partial charge is 0.481 e. The van der Waals surface area contributed by atoms with Gasteiger partial charge in [0.05, 0.1) is 12.5 Å². The van der Waals surface area contributed by atoms with Crippen LogP contribution in [0.5, 0.6) is 5.75 Å². The molecule has 0 bridgehead atoms. The zero-order valence-electron chi connectivity index (χ0n) is 17.7. The molecule has 1 aliphatic carbocycles. The lowest BCUT2D eigenvalue weighted by molar-refractivity contribution is -0.274. The van der Waals surface area contributed by atoms with Crippen LogP contribution in [0.4, 0.5) is 18.0 Å². The summed E-state index contributed by atoms with van der Waals surface area (Å²) in [5.74, 6) is -1.96. The van der Waals surface area contributed by atoms with Crippen LogP contribution < -0.4 is 10.1 Å². The van der Waals surface area contributed by atoms with Crippen LogP contribution in [0.1, 0.15) is 35.1 Å². The average molecular weight is 471 g/mol. The Labute approximate surface area is 192 Å². The first-order valence-electron chi connectivity index (χ1n) is 10.4. The Morgan fingerprint density at radius 3 is 2.15 bits per heavy atom. The highest BCUT2D eigenvalue weighted by atomic mass is 19.4. The first kappa shape index (κ1) is 23.2. The van der Waals surface area contributed by atoms with Gasteiger partial charge in [0.25, 0.3) is 0 Å². The Balaban J connectivity index is 1.48. The summed E-state index contributed by atoms with van der Waals surface area (Å²) in [5, 5.41) is 11.7. The van der Waals surface area contributed by atoms with E-state index in [4.69, 9.17) is 4.74 Å². The summed E-state index contributed by atoms with van der Waals surface area (Å²) in [4.78, 5) is 23.9.